The second-order valence-corrected chi connectivity index (χ2v) is 5.73. The van der Waals surface area contributed by atoms with Gasteiger partial charge in [0.25, 0.3) is 11.8 Å². The summed E-state index contributed by atoms with van der Waals surface area (Å²) in [6.07, 6.45) is -0.571. The Hall–Kier alpha value is -2.30. The Morgan fingerprint density at radius 2 is 1.35 bits per heavy atom. The van der Waals surface area contributed by atoms with Gasteiger partial charge in [0.15, 0.2) is 0 Å². The highest BCUT2D eigenvalue weighted by Gasteiger charge is 2.35. The molecule has 1 aliphatic rings. The van der Waals surface area contributed by atoms with Crippen molar-refractivity contribution in [2.75, 3.05) is 13.1 Å². The molecule has 23 heavy (non-hydrogen) atoms. The van der Waals surface area contributed by atoms with Gasteiger partial charge in [-0.3, -0.25) is 4.79 Å². The second kappa shape index (κ2) is 6.07. The third kappa shape index (κ3) is 3.55. The van der Waals surface area contributed by atoms with Crippen LogP contribution in [0.2, 0.25) is 0 Å². The molecule has 1 fully saturated rings. The van der Waals surface area contributed by atoms with Crippen molar-refractivity contribution < 1.29 is 18.0 Å². The van der Waals surface area contributed by atoms with Crippen molar-refractivity contribution in [2.45, 2.75) is 18.8 Å². The lowest BCUT2D eigenvalue weighted by atomic mass is 10.0. The molecule has 0 atom stereocenters. The third-order valence-corrected chi connectivity index (χ3v) is 4.09. The van der Waals surface area contributed by atoms with Gasteiger partial charge in [-0.25, -0.2) is 13.2 Å². The molecule has 2 aromatic rings. The van der Waals surface area contributed by atoms with E-state index in [-0.39, 0.29) is 37.7 Å². The fraction of sp³-hybridized carbons (Fsp3) is 0.278. The zero-order chi connectivity index (χ0) is 16.4. The van der Waals surface area contributed by atoms with Crippen LogP contribution in [0.1, 0.15) is 23.2 Å². The summed E-state index contributed by atoms with van der Waals surface area (Å²) in [5.41, 5.74) is 2.19. The van der Waals surface area contributed by atoms with Gasteiger partial charge in [-0.15, -0.1) is 0 Å². The maximum Gasteiger partial charge on any atom is 0.253 e. The molecule has 120 valence electrons. The lowest BCUT2D eigenvalue weighted by molar-refractivity contribution is -0.0494. The number of alkyl halides is 2. The lowest BCUT2D eigenvalue weighted by Gasteiger charge is -2.31. The van der Waals surface area contributed by atoms with Crippen LogP contribution in [0.15, 0.2) is 48.5 Å². The van der Waals surface area contributed by atoms with E-state index in [0.717, 1.165) is 11.1 Å². The van der Waals surface area contributed by atoms with E-state index in [1.807, 2.05) is 0 Å². The van der Waals surface area contributed by atoms with E-state index in [1.165, 1.54) is 17.0 Å². The van der Waals surface area contributed by atoms with Crippen molar-refractivity contribution >= 4 is 5.91 Å². The maximum atomic E-state index is 13.1. The second-order valence-electron chi connectivity index (χ2n) is 5.73. The van der Waals surface area contributed by atoms with Gasteiger partial charge in [-0.05, 0) is 35.4 Å². The average molecular weight is 319 g/mol. The molecule has 0 radical (unpaired) electrons. The molecule has 0 unspecified atom stereocenters. The van der Waals surface area contributed by atoms with Crippen molar-refractivity contribution in [1.29, 1.82) is 0 Å². The van der Waals surface area contributed by atoms with Crippen LogP contribution in [0.3, 0.4) is 0 Å². The van der Waals surface area contributed by atoms with Crippen molar-refractivity contribution in [3.63, 3.8) is 0 Å². The molecule has 0 bridgehead atoms. The van der Waals surface area contributed by atoms with Crippen LogP contribution in [0.4, 0.5) is 13.2 Å². The maximum absolute atomic E-state index is 13.1. The summed E-state index contributed by atoms with van der Waals surface area (Å²) < 4.78 is 39.2. The largest absolute Gasteiger partial charge is 0.338 e. The Morgan fingerprint density at radius 3 is 1.87 bits per heavy atom. The number of benzene rings is 2. The van der Waals surface area contributed by atoms with Crippen LogP contribution < -0.4 is 0 Å². The molecule has 0 spiro atoms. The molecule has 3 rings (SSSR count). The zero-order valence-electron chi connectivity index (χ0n) is 12.4. The highest BCUT2D eigenvalue weighted by Crippen LogP contribution is 2.28. The quantitative estimate of drug-likeness (QED) is 0.805. The lowest BCUT2D eigenvalue weighted by Crippen LogP contribution is -2.42. The first-order valence-electron chi connectivity index (χ1n) is 7.48. The number of rotatable bonds is 2. The molecule has 1 amide bonds. The van der Waals surface area contributed by atoms with E-state index < -0.39 is 5.92 Å². The fourth-order valence-corrected chi connectivity index (χ4v) is 2.67. The summed E-state index contributed by atoms with van der Waals surface area (Å²) in [6.45, 7) is 0.150. The van der Waals surface area contributed by atoms with Crippen LogP contribution in [-0.4, -0.2) is 29.8 Å². The predicted octanol–water partition coefficient (Wildman–Crippen LogP) is 4.36. The summed E-state index contributed by atoms with van der Waals surface area (Å²) in [5, 5.41) is 0. The highest BCUT2D eigenvalue weighted by atomic mass is 19.3. The smallest absolute Gasteiger partial charge is 0.253 e. The number of nitrogens with zero attached hydrogens (tertiary/aromatic N) is 1. The molecule has 0 aliphatic carbocycles. The molecular weight excluding hydrogens is 303 g/mol. The minimum Gasteiger partial charge on any atom is -0.338 e. The molecule has 2 aromatic carbocycles. The summed E-state index contributed by atoms with van der Waals surface area (Å²) in [6, 6.07) is 13.0. The number of likely N-dealkylation sites (tertiary alicyclic amines) is 1. The van der Waals surface area contributed by atoms with Crippen LogP contribution in [-0.2, 0) is 0 Å². The number of amides is 1. The predicted molar refractivity (Wildman–Crippen MR) is 81.9 cm³/mol. The Bertz CT molecular complexity index is 685. The van der Waals surface area contributed by atoms with Gasteiger partial charge in [0.1, 0.15) is 5.82 Å². The molecule has 5 heteroatoms. The zero-order valence-corrected chi connectivity index (χ0v) is 12.4. The third-order valence-electron chi connectivity index (χ3n) is 4.09. The van der Waals surface area contributed by atoms with Crippen molar-refractivity contribution in [3.05, 3.63) is 59.9 Å². The Kier molecular flexibility index (Phi) is 4.11. The molecule has 0 N–H and O–H groups in total. The Balaban J connectivity index is 1.72. The number of hydrogen-bond acceptors (Lipinski definition) is 1. The molecule has 1 heterocycles. The first kappa shape index (κ1) is 15.6. The number of piperidine rings is 1. The molecule has 2 nitrogen and oxygen atoms in total. The summed E-state index contributed by atoms with van der Waals surface area (Å²) in [4.78, 5) is 13.8. The van der Waals surface area contributed by atoms with Gasteiger partial charge < -0.3 is 4.90 Å². The number of carbonyl (C=O) groups is 1. The monoisotopic (exact) mass is 319 g/mol. The molecule has 0 aromatic heterocycles. The Labute approximate surface area is 132 Å². The minimum absolute atomic E-state index is 0.0749. The SMILES string of the molecule is O=C(c1ccc(-c2ccc(F)cc2)cc1)N1CCC(F)(F)CC1. The van der Waals surface area contributed by atoms with Gasteiger partial charge >= 0.3 is 0 Å². The summed E-state index contributed by atoms with van der Waals surface area (Å²) in [5.74, 6) is -3.20. The first-order chi connectivity index (χ1) is 10.9. The Morgan fingerprint density at radius 1 is 0.870 bits per heavy atom. The summed E-state index contributed by atoms with van der Waals surface area (Å²) in [7, 11) is 0. The average Bonchev–Trinajstić information content (AvgIpc) is 2.55. The standard InChI is InChI=1S/C18H16F3NO/c19-16-7-5-14(6-8-16)13-1-3-15(4-2-13)17(23)22-11-9-18(20,21)10-12-22/h1-8H,9-12H2. The van der Waals surface area contributed by atoms with Crippen LogP contribution >= 0.6 is 0 Å². The van der Waals surface area contributed by atoms with E-state index >= 15 is 0 Å². The van der Waals surface area contributed by atoms with Crippen LogP contribution in [0.25, 0.3) is 11.1 Å². The van der Waals surface area contributed by atoms with Gasteiger partial charge in [-0.2, -0.15) is 0 Å². The van der Waals surface area contributed by atoms with E-state index in [0.29, 0.717) is 5.56 Å². The molecule has 1 aliphatic heterocycles. The number of hydrogen-bond donors (Lipinski definition) is 0. The number of carbonyl (C=O) groups excluding carboxylic acids is 1. The topological polar surface area (TPSA) is 20.3 Å². The minimum atomic E-state index is -2.66. The van der Waals surface area contributed by atoms with Gasteiger partial charge in [0.05, 0.1) is 0 Å². The fourth-order valence-electron chi connectivity index (χ4n) is 2.67. The van der Waals surface area contributed by atoms with E-state index in [9.17, 15) is 18.0 Å². The van der Waals surface area contributed by atoms with Gasteiger partial charge in [0, 0.05) is 31.5 Å². The molecule has 0 saturated carbocycles. The normalized spacial score (nSPS) is 17.1. The first-order valence-corrected chi connectivity index (χ1v) is 7.48. The highest BCUT2D eigenvalue weighted by molar-refractivity contribution is 5.94. The van der Waals surface area contributed by atoms with E-state index in [4.69, 9.17) is 0 Å². The van der Waals surface area contributed by atoms with Crippen molar-refractivity contribution in [3.8, 4) is 11.1 Å². The summed E-state index contributed by atoms with van der Waals surface area (Å²) >= 11 is 0. The van der Waals surface area contributed by atoms with E-state index in [2.05, 4.69) is 0 Å². The van der Waals surface area contributed by atoms with Crippen LogP contribution in [0, 0.1) is 5.82 Å². The molecule has 1 saturated heterocycles. The number of halogens is 3. The van der Waals surface area contributed by atoms with Gasteiger partial charge in [-0.1, -0.05) is 24.3 Å². The van der Waals surface area contributed by atoms with Crippen molar-refractivity contribution in [2.24, 2.45) is 0 Å². The van der Waals surface area contributed by atoms with Gasteiger partial charge in [0.2, 0.25) is 0 Å². The van der Waals surface area contributed by atoms with Crippen molar-refractivity contribution in [1.82, 2.24) is 4.90 Å². The van der Waals surface area contributed by atoms with Crippen LogP contribution in [0.5, 0.6) is 0 Å². The molecular formula is C18H16F3NO. The van der Waals surface area contributed by atoms with E-state index in [1.54, 1.807) is 36.4 Å².